The Hall–Kier alpha value is -0.800. The monoisotopic (exact) mass is 296 g/mol. The average Bonchev–Trinajstić information content (AvgIpc) is 2.49. The highest BCUT2D eigenvalue weighted by Gasteiger charge is 2.23. The quantitative estimate of drug-likeness (QED) is 0.837. The predicted octanol–water partition coefficient (Wildman–Crippen LogP) is 3.99. The van der Waals surface area contributed by atoms with Crippen LogP contribution in [0.4, 0.5) is 5.69 Å². The van der Waals surface area contributed by atoms with Gasteiger partial charge in [0.25, 0.3) is 0 Å². The third kappa shape index (κ3) is 3.61. The van der Waals surface area contributed by atoms with E-state index in [-0.39, 0.29) is 0 Å². The number of benzene rings is 1. The SMILES string of the molecule is CC1(C)CCCN(c2ccc(C(N)=S)c(Cl)c2)CC1. The minimum absolute atomic E-state index is 0.355. The van der Waals surface area contributed by atoms with E-state index in [1.807, 2.05) is 12.1 Å². The summed E-state index contributed by atoms with van der Waals surface area (Å²) in [6.45, 7) is 6.86. The normalized spacial score (nSPS) is 19.0. The van der Waals surface area contributed by atoms with Crippen molar-refractivity contribution in [2.75, 3.05) is 18.0 Å². The number of rotatable bonds is 2. The molecular formula is C15H21ClN2S. The highest BCUT2D eigenvalue weighted by molar-refractivity contribution is 7.80. The lowest BCUT2D eigenvalue weighted by atomic mass is 9.85. The summed E-state index contributed by atoms with van der Waals surface area (Å²) < 4.78 is 0. The lowest BCUT2D eigenvalue weighted by Gasteiger charge is -2.25. The van der Waals surface area contributed by atoms with Gasteiger partial charge in [-0.1, -0.05) is 37.7 Å². The van der Waals surface area contributed by atoms with Gasteiger partial charge in [0.2, 0.25) is 0 Å². The standard InChI is InChI=1S/C15H21ClN2S/c1-15(2)6-3-8-18(9-7-15)11-4-5-12(14(17)19)13(16)10-11/h4-5,10H,3,6-9H2,1-2H3,(H2,17,19). The minimum atomic E-state index is 0.355. The molecule has 0 saturated carbocycles. The third-order valence-corrected chi connectivity index (χ3v) is 4.46. The smallest absolute Gasteiger partial charge is 0.105 e. The number of hydrogen-bond donors (Lipinski definition) is 1. The molecule has 0 aromatic heterocycles. The summed E-state index contributed by atoms with van der Waals surface area (Å²) in [5.41, 5.74) is 8.01. The van der Waals surface area contributed by atoms with Gasteiger partial charge < -0.3 is 10.6 Å². The Morgan fingerprint density at radius 1 is 1.32 bits per heavy atom. The molecule has 1 aromatic carbocycles. The zero-order chi connectivity index (χ0) is 14.0. The van der Waals surface area contributed by atoms with Gasteiger partial charge in [-0.3, -0.25) is 0 Å². The molecule has 1 fully saturated rings. The van der Waals surface area contributed by atoms with Gasteiger partial charge in [-0.15, -0.1) is 0 Å². The fourth-order valence-electron chi connectivity index (χ4n) is 2.58. The van der Waals surface area contributed by atoms with Crippen molar-refractivity contribution in [1.82, 2.24) is 0 Å². The first-order valence-corrected chi connectivity index (χ1v) is 7.52. The Morgan fingerprint density at radius 2 is 2.05 bits per heavy atom. The fraction of sp³-hybridized carbons (Fsp3) is 0.533. The van der Waals surface area contributed by atoms with Gasteiger partial charge in [0.1, 0.15) is 4.99 Å². The van der Waals surface area contributed by atoms with Gasteiger partial charge in [0.05, 0.1) is 5.02 Å². The van der Waals surface area contributed by atoms with Crippen molar-refractivity contribution in [3.63, 3.8) is 0 Å². The second-order valence-electron chi connectivity index (χ2n) is 6.03. The van der Waals surface area contributed by atoms with Gasteiger partial charge >= 0.3 is 0 Å². The highest BCUT2D eigenvalue weighted by Crippen LogP contribution is 2.32. The van der Waals surface area contributed by atoms with E-state index in [0.29, 0.717) is 15.4 Å². The van der Waals surface area contributed by atoms with E-state index < -0.39 is 0 Å². The molecule has 0 aliphatic carbocycles. The zero-order valence-corrected chi connectivity index (χ0v) is 13.2. The molecule has 1 aliphatic heterocycles. The lowest BCUT2D eigenvalue weighted by Crippen LogP contribution is -2.25. The molecule has 1 aromatic rings. The molecule has 0 amide bonds. The van der Waals surface area contributed by atoms with Crippen LogP contribution in [0.15, 0.2) is 18.2 Å². The van der Waals surface area contributed by atoms with Crippen LogP contribution in [0.5, 0.6) is 0 Å². The van der Waals surface area contributed by atoms with Crippen LogP contribution in [-0.2, 0) is 0 Å². The first-order chi connectivity index (χ1) is 8.89. The molecule has 0 radical (unpaired) electrons. The Balaban J connectivity index is 2.18. The predicted molar refractivity (Wildman–Crippen MR) is 87.2 cm³/mol. The van der Waals surface area contributed by atoms with Crippen LogP contribution in [0.25, 0.3) is 0 Å². The van der Waals surface area contributed by atoms with Gasteiger partial charge in [-0.2, -0.15) is 0 Å². The number of halogens is 1. The van der Waals surface area contributed by atoms with Crippen LogP contribution >= 0.6 is 23.8 Å². The molecular weight excluding hydrogens is 276 g/mol. The van der Waals surface area contributed by atoms with E-state index in [4.69, 9.17) is 29.6 Å². The van der Waals surface area contributed by atoms with Crippen LogP contribution in [0.1, 0.15) is 38.7 Å². The van der Waals surface area contributed by atoms with E-state index in [9.17, 15) is 0 Å². The van der Waals surface area contributed by atoms with Crippen LogP contribution in [0, 0.1) is 5.41 Å². The van der Waals surface area contributed by atoms with Crippen LogP contribution in [0.3, 0.4) is 0 Å². The van der Waals surface area contributed by atoms with Crippen LogP contribution in [0.2, 0.25) is 5.02 Å². The van der Waals surface area contributed by atoms with Crippen molar-refractivity contribution in [3.05, 3.63) is 28.8 Å². The van der Waals surface area contributed by atoms with Gasteiger partial charge in [-0.25, -0.2) is 0 Å². The molecule has 19 heavy (non-hydrogen) atoms. The molecule has 0 unspecified atom stereocenters. The summed E-state index contributed by atoms with van der Waals surface area (Å²) in [5.74, 6) is 0. The lowest BCUT2D eigenvalue weighted by molar-refractivity contribution is 0.325. The Bertz CT molecular complexity index is 485. The van der Waals surface area contributed by atoms with Crippen molar-refractivity contribution in [2.24, 2.45) is 11.1 Å². The second-order valence-corrected chi connectivity index (χ2v) is 6.88. The van der Waals surface area contributed by atoms with E-state index >= 15 is 0 Å². The maximum Gasteiger partial charge on any atom is 0.105 e. The van der Waals surface area contributed by atoms with E-state index in [1.165, 1.54) is 24.9 Å². The molecule has 1 saturated heterocycles. The van der Waals surface area contributed by atoms with E-state index in [1.54, 1.807) is 0 Å². The van der Waals surface area contributed by atoms with E-state index in [0.717, 1.165) is 18.7 Å². The van der Waals surface area contributed by atoms with Crippen molar-refractivity contribution < 1.29 is 0 Å². The zero-order valence-electron chi connectivity index (χ0n) is 11.6. The Kier molecular flexibility index (Phi) is 4.36. The van der Waals surface area contributed by atoms with Crippen LogP contribution in [-0.4, -0.2) is 18.1 Å². The van der Waals surface area contributed by atoms with Crippen molar-refractivity contribution in [2.45, 2.75) is 33.1 Å². The third-order valence-electron chi connectivity index (χ3n) is 3.92. The van der Waals surface area contributed by atoms with Gasteiger partial charge in [0, 0.05) is 24.3 Å². The Morgan fingerprint density at radius 3 is 2.68 bits per heavy atom. The molecule has 0 atom stereocenters. The summed E-state index contributed by atoms with van der Waals surface area (Å²) in [6.07, 6.45) is 3.71. The molecule has 104 valence electrons. The topological polar surface area (TPSA) is 29.3 Å². The first-order valence-electron chi connectivity index (χ1n) is 6.73. The molecule has 2 N–H and O–H groups in total. The summed E-state index contributed by atoms with van der Waals surface area (Å²) >= 11 is 11.2. The van der Waals surface area contributed by atoms with Gasteiger partial charge in [-0.05, 0) is 42.9 Å². The second kappa shape index (κ2) is 5.68. The number of anilines is 1. The summed E-state index contributed by atoms with van der Waals surface area (Å²) in [6, 6.07) is 5.98. The molecule has 1 heterocycles. The highest BCUT2D eigenvalue weighted by atomic mass is 35.5. The summed E-state index contributed by atoms with van der Waals surface area (Å²) in [5, 5.41) is 0.647. The summed E-state index contributed by atoms with van der Waals surface area (Å²) in [4.78, 5) is 2.76. The maximum atomic E-state index is 6.25. The number of nitrogens with zero attached hydrogens (tertiary/aromatic N) is 1. The largest absolute Gasteiger partial charge is 0.389 e. The molecule has 0 bridgehead atoms. The molecule has 4 heteroatoms. The maximum absolute atomic E-state index is 6.25. The van der Waals surface area contributed by atoms with E-state index in [2.05, 4.69) is 24.8 Å². The molecule has 2 rings (SSSR count). The van der Waals surface area contributed by atoms with Crippen molar-refractivity contribution in [1.29, 1.82) is 0 Å². The summed E-state index contributed by atoms with van der Waals surface area (Å²) in [7, 11) is 0. The average molecular weight is 297 g/mol. The number of thiocarbonyl (C=S) groups is 1. The number of hydrogen-bond acceptors (Lipinski definition) is 2. The molecule has 0 spiro atoms. The van der Waals surface area contributed by atoms with Crippen molar-refractivity contribution in [3.8, 4) is 0 Å². The van der Waals surface area contributed by atoms with Gasteiger partial charge in [0.15, 0.2) is 0 Å². The van der Waals surface area contributed by atoms with Crippen molar-refractivity contribution >= 4 is 34.5 Å². The Labute approximate surface area is 125 Å². The van der Waals surface area contributed by atoms with Crippen LogP contribution < -0.4 is 10.6 Å². The molecule has 1 aliphatic rings. The number of nitrogens with two attached hydrogens (primary N) is 1. The fourth-order valence-corrected chi connectivity index (χ4v) is 3.09. The molecule has 2 nitrogen and oxygen atoms in total. The minimum Gasteiger partial charge on any atom is -0.389 e. The first kappa shape index (κ1) is 14.6.